The van der Waals surface area contributed by atoms with E-state index in [2.05, 4.69) is 57.2 Å². The summed E-state index contributed by atoms with van der Waals surface area (Å²) in [5, 5.41) is 0. The molecule has 0 fully saturated rings. The van der Waals surface area contributed by atoms with Crippen LogP contribution in [0.5, 0.6) is 0 Å². The number of hydrogen-bond donors (Lipinski definition) is 1. The lowest BCUT2D eigenvalue weighted by Gasteiger charge is -2.15. The molecule has 1 atom stereocenters. The highest BCUT2D eigenvalue weighted by Crippen LogP contribution is 2.30. The minimum Gasteiger partial charge on any atom is -0.327 e. The summed E-state index contributed by atoms with van der Waals surface area (Å²) < 4.78 is 0. The molecule has 0 aliphatic rings. The van der Waals surface area contributed by atoms with Gasteiger partial charge in [0.2, 0.25) is 0 Å². The van der Waals surface area contributed by atoms with Gasteiger partial charge in [-0.25, -0.2) is 0 Å². The van der Waals surface area contributed by atoms with Crippen LogP contribution in [-0.2, 0) is 18.3 Å². The predicted octanol–water partition coefficient (Wildman–Crippen LogP) is 4.16. The van der Waals surface area contributed by atoms with Crippen LogP contribution in [0.1, 0.15) is 36.1 Å². The summed E-state index contributed by atoms with van der Waals surface area (Å²) in [5.74, 6) is 0. The van der Waals surface area contributed by atoms with Crippen molar-refractivity contribution in [2.75, 3.05) is 0 Å². The zero-order valence-corrected chi connectivity index (χ0v) is 12.8. The summed E-state index contributed by atoms with van der Waals surface area (Å²) in [6.45, 7) is 6.77. The maximum absolute atomic E-state index is 6.26. The van der Waals surface area contributed by atoms with Crippen LogP contribution >= 0.6 is 11.3 Å². The average Bonchev–Trinajstić information content (AvgIpc) is 2.78. The summed E-state index contributed by atoms with van der Waals surface area (Å²) in [5.41, 5.74) is 7.83. The van der Waals surface area contributed by atoms with E-state index in [0.717, 1.165) is 12.8 Å². The molecule has 2 rings (SSSR count). The Morgan fingerprint density at radius 2 is 1.68 bits per heavy atom. The van der Waals surface area contributed by atoms with Gasteiger partial charge in [-0.1, -0.05) is 51.1 Å². The molecule has 0 saturated heterocycles. The van der Waals surface area contributed by atoms with Crippen LogP contribution in [0, 0.1) is 0 Å². The third kappa shape index (κ3) is 4.19. The van der Waals surface area contributed by atoms with Gasteiger partial charge in [0.1, 0.15) is 0 Å². The highest BCUT2D eigenvalue weighted by Gasteiger charge is 2.16. The molecule has 1 unspecified atom stereocenters. The monoisotopic (exact) mass is 273 g/mol. The number of rotatable bonds is 4. The van der Waals surface area contributed by atoms with Crippen molar-refractivity contribution in [2.24, 2.45) is 5.73 Å². The minimum absolute atomic E-state index is 0.203. The summed E-state index contributed by atoms with van der Waals surface area (Å²) in [7, 11) is 0. The maximum atomic E-state index is 6.26. The Bertz CT molecular complexity index is 508. The Balaban J connectivity index is 1.96. The van der Waals surface area contributed by atoms with Crippen LogP contribution in [0.4, 0.5) is 0 Å². The predicted molar refractivity (Wildman–Crippen MR) is 84.8 cm³/mol. The molecule has 0 aliphatic carbocycles. The highest BCUT2D eigenvalue weighted by molar-refractivity contribution is 7.12. The van der Waals surface area contributed by atoms with E-state index in [1.165, 1.54) is 15.3 Å². The molecule has 0 aliphatic heterocycles. The molecule has 1 nitrogen and oxygen atoms in total. The molecule has 0 bridgehead atoms. The van der Waals surface area contributed by atoms with Crippen molar-refractivity contribution < 1.29 is 0 Å². The fourth-order valence-corrected chi connectivity index (χ4v) is 3.30. The van der Waals surface area contributed by atoms with Gasteiger partial charge >= 0.3 is 0 Å². The second-order valence-corrected chi connectivity index (χ2v) is 7.34. The molecular formula is C17H23NS. The van der Waals surface area contributed by atoms with Gasteiger partial charge in [0.15, 0.2) is 0 Å². The van der Waals surface area contributed by atoms with Crippen molar-refractivity contribution in [1.82, 2.24) is 0 Å². The standard InChI is InChI=1S/C17H23NS/c1-17(2,3)16-10-9-15(19-16)12-14(18)11-13-7-5-4-6-8-13/h4-10,14H,11-12,18H2,1-3H3. The topological polar surface area (TPSA) is 26.0 Å². The molecule has 102 valence electrons. The van der Waals surface area contributed by atoms with Crippen LogP contribution in [0.25, 0.3) is 0 Å². The van der Waals surface area contributed by atoms with E-state index in [9.17, 15) is 0 Å². The molecule has 2 heteroatoms. The zero-order chi connectivity index (χ0) is 13.9. The van der Waals surface area contributed by atoms with Crippen molar-refractivity contribution >= 4 is 11.3 Å². The van der Waals surface area contributed by atoms with Crippen LogP contribution in [0.2, 0.25) is 0 Å². The molecule has 0 spiro atoms. The van der Waals surface area contributed by atoms with E-state index in [4.69, 9.17) is 5.73 Å². The minimum atomic E-state index is 0.203. The van der Waals surface area contributed by atoms with Gasteiger partial charge in [0.05, 0.1) is 0 Å². The van der Waals surface area contributed by atoms with Gasteiger partial charge in [-0.15, -0.1) is 11.3 Å². The number of nitrogens with two attached hydrogens (primary N) is 1. The van der Waals surface area contributed by atoms with Crippen molar-refractivity contribution in [3.63, 3.8) is 0 Å². The van der Waals surface area contributed by atoms with Crippen LogP contribution in [0.15, 0.2) is 42.5 Å². The average molecular weight is 273 g/mol. The van der Waals surface area contributed by atoms with E-state index < -0.39 is 0 Å². The lowest BCUT2D eigenvalue weighted by molar-refractivity contribution is 0.604. The van der Waals surface area contributed by atoms with E-state index in [0.29, 0.717) is 0 Å². The first-order valence-corrected chi connectivity index (χ1v) is 7.65. The van der Waals surface area contributed by atoms with Gasteiger partial charge in [-0.3, -0.25) is 0 Å². The molecule has 0 radical (unpaired) electrons. The summed E-state index contributed by atoms with van der Waals surface area (Å²) in [4.78, 5) is 2.84. The SMILES string of the molecule is CC(C)(C)c1ccc(CC(N)Cc2ccccc2)s1. The van der Waals surface area contributed by atoms with E-state index in [1.54, 1.807) is 0 Å². The molecule has 1 aromatic carbocycles. The van der Waals surface area contributed by atoms with E-state index in [1.807, 2.05) is 17.4 Å². The first-order valence-electron chi connectivity index (χ1n) is 6.84. The van der Waals surface area contributed by atoms with Crippen LogP contribution < -0.4 is 5.73 Å². The van der Waals surface area contributed by atoms with Crippen LogP contribution in [0.3, 0.4) is 0 Å². The first kappa shape index (κ1) is 14.3. The third-order valence-electron chi connectivity index (χ3n) is 3.20. The Morgan fingerprint density at radius 3 is 2.26 bits per heavy atom. The van der Waals surface area contributed by atoms with Gasteiger partial charge in [0, 0.05) is 15.8 Å². The van der Waals surface area contributed by atoms with Crippen LogP contribution in [-0.4, -0.2) is 6.04 Å². The summed E-state index contributed by atoms with van der Waals surface area (Å²) in [6.07, 6.45) is 1.92. The Labute approximate surface area is 120 Å². The Hall–Kier alpha value is -1.12. The normalized spacial score (nSPS) is 13.5. The Kier molecular flexibility index (Phi) is 4.43. The molecule has 1 aromatic heterocycles. The van der Waals surface area contributed by atoms with Crippen molar-refractivity contribution in [1.29, 1.82) is 0 Å². The zero-order valence-electron chi connectivity index (χ0n) is 12.0. The molecular weight excluding hydrogens is 250 g/mol. The van der Waals surface area contributed by atoms with Gasteiger partial charge in [0.25, 0.3) is 0 Å². The number of thiophene rings is 1. The fraction of sp³-hybridized carbons (Fsp3) is 0.412. The first-order chi connectivity index (χ1) is 8.95. The smallest absolute Gasteiger partial charge is 0.0128 e. The summed E-state index contributed by atoms with van der Waals surface area (Å²) in [6, 6.07) is 15.2. The van der Waals surface area contributed by atoms with E-state index >= 15 is 0 Å². The van der Waals surface area contributed by atoms with Gasteiger partial charge < -0.3 is 5.73 Å². The van der Waals surface area contributed by atoms with Crippen molar-refractivity contribution in [3.05, 3.63) is 57.8 Å². The second-order valence-electron chi connectivity index (χ2n) is 6.17. The van der Waals surface area contributed by atoms with Crippen molar-refractivity contribution in [3.8, 4) is 0 Å². The molecule has 2 aromatic rings. The molecule has 0 saturated carbocycles. The molecule has 2 N–H and O–H groups in total. The number of benzene rings is 1. The summed E-state index contributed by atoms with van der Waals surface area (Å²) >= 11 is 1.90. The molecule has 1 heterocycles. The molecule has 0 amide bonds. The third-order valence-corrected chi connectivity index (χ3v) is 4.74. The Morgan fingerprint density at radius 1 is 1.00 bits per heavy atom. The number of hydrogen-bond acceptors (Lipinski definition) is 2. The second kappa shape index (κ2) is 5.89. The lowest BCUT2D eigenvalue weighted by Crippen LogP contribution is -2.25. The van der Waals surface area contributed by atoms with Crippen molar-refractivity contribution in [2.45, 2.75) is 45.1 Å². The van der Waals surface area contributed by atoms with Gasteiger partial charge in [-0.2, -0.15) is 0 Å². The lowest BCUT2D eigenvalue weighted by atomic mass is 9.95. The van der Waals surface area contributed by atoms with E-state index in [-0.39, 0.29) is 11.5 Å². The fourth-order valence-electron chi connectivity index (χ4n) is 2.14. The maximum Gasteiger partial charge on any atom is 0.0128 e. The van der Waals surface area contributed by atoms with Gasteiger partial charge in [-0.05, 0) is 36.0 Å². The largest absolute Gasteiger partial charge is 0.327 e. The quantitative estimate of drug-likeness (QED) is 0.889. The molecule has 19 heavy (non-hydrogen) atoms. The highest BCUT2D eigenvalue weighted by atomic mass is 32.1.